The zero-order chi connectivity index (χ0) is 18.9. The van der Waals surface area contributed by atoms with Gasteiger partial charge in [0.1, 0.15) is 5.82 Å². The van der Waals surface area contributed by atoms with Crippen LogP contribution in [0.25, 0.3) is 0 Å². The highest BCUT2D eigenvalue weighted by molar-refractivity contribution is 5.83. The van der Waals surface area contributed by atoms with E-state index in [0.717, 1.165) is 17.0 Å². The molecule has 1 N–H and O–H groups in total. The first kappa shape index (κ1) is 19.6. The van der Waals surface area contributed by atoms with Crippen LogP contribution in [0.3, 0.4) is 0 Å². The van der Waals surface area contributed by atoms with Crippen LogP contribution in [0, 0.1) is 5.82 Å². The van der Waals surface area contributed by atoms with Crippen LogP contribution in [0.15, 0.2) is 54.6 Å². The van der Waals surface area contributed by atoms with Gasteiger partial charge in [-0.3, -0.25) is 9.69 Å². The van der Waals surface area contributed by atoms with Crippen molar-refractivity contribution in [3.8, 4) is 0 Å². The molecule has 0 aliphatic carbocycles. The van der Waals surface area contributed by atoms with Gasteiger partial charge in [-0.25, -0.2) is 9.18 Å². The molecular weight excluding hydrogens is 335 g/mol. The van der Waals surface area contributed by atoms with Crippen molar-refractivity contribution >= 4 is 11.9 Å². The number of carbonyl (C=O) groups excluding carboxylic acids is 1. The summed E-state index contributed by atoms with van der Waals surface area (Å²) in [6.45, 7) is 1.16. The molecule has 6 heteroatoms. The van der Waals surface area contributed by atoms with Crippen molar-refractivity contribution in [3.63, 3.8) is 0 Å². The van der Waals surface area contributed by atoms with Crippen molar-refractivity contribution in [1.82, 2.24) is 9.80 Å². The van der Waals surface area contributed by atoms with Gasteiger partial charge in [0.05, 0.1) is 6.54 Å². The number of hydrogen-bond acceptors (Lipinski definition) is 3. The van der Waals surface area contributed by atoms with Crippen LogP contribution >= 0.6 is 0 Å². The summed E-state index contributed by atoms with van der Waals surface area (Å²) in [6.07, 6.45) is -0.892. The Labute approximate surface area is 152 Å². The molecule has 0 spiro atoms. The van der Waals surface area contributed by atoms with Crippen molar-refractivity contribution < 1.29 is 19.1 Å². The summed E-state index contributed by atoms with van der Waals surface area (Å²) in [7, 11) is 1.92. The number of rotatable bonds is 9. The highest BCUT2D eigenvalue weighted by Gasteiger charge is 2.17. The van der Waals surface area contributed by atoms with E-state index in [2.05, 4.69) is 0 Å². The van der Waals surface area contributed by atoms with Gasteiger partial charge < -0.3 is 10.0 Å². The van der Waals surface area contributed by atoms with Crippen LogP contribution in [0.1, 0.15) is 17.5 Å². The quantitative estimate of drug-likeness (QED) is 0.746. The number of benzene rings is 2. The van der Waals surface area contributed by atoms with Crippen molar-refractivity contribution in [2.24, 2.45) is 0 Å². The highest BCUT2D eigenvalue weighted by atomic mass is 19.1. The van der Waals surface area contributed by atoms with Crippen molar-refractivity contribution in [1.29, 1.82) is 0 Å². The van der Waals surface area contributed by atoms with E-state index >= 15 is 0 Å². The van der Waals surface area contributed by atoms with E-state index < -0.39 is 6.09 Å². The fourth-order valence-corrected chi connectivity index (χ4v) is 2.58. The predicted octanol–water partition coefficient (Wildman–Crippen LogP) is 3.40. The van der Waals surface area contributed by atoms with Crippen LogP contribution in [0.5, 0.6) is 0 Å². The second-order valence-corrected chi connectivity index (χ2v) is 6.28. The van der Waals surface area contributed by atoms with E-state index in [-0.39, 0.29) is 31.1 Å². The number of carbonyl (C=O) groups is 2. The number of Topliss-reactive ketones (excluding diaryl/α,β-unsaturated/α-hetero) is 1. The normalized spacial score (nSPS) is 10.7. The Bertz CT molecular complexity index is 720. The maximum Gasteiger partial charge on any atom is 0.407 e. The molecule has 2 aromatic carbocycles. The zero-order valence-electron chi connectivity index (χ0n) is 14.8. The van der Waals surface area contributed by atoms with Gasteiger partial charge in [-0.05, 0) is 30.3 Å². The van der Waals surface area contributed by atoms with Gasteiger partial charge >= 0.3 is 6.09 Å². The van der Waals surface area contributed by atoms with Gasteiger partial charge in [-0.1, -0.05) is 42.5 Å². The third-order valence-electron chi connectivity index (χ3n) is 3.99. The number of nitrogens with zero attached hydrogens (tertiary/aromatic N) is 2. The molecule has 0 aliphatic rings. The van der Waals surface area contributed by atoms with Gasteiger partial charge in [0.15, 0.2) is 5.78 Å². The predicted molar refractivity (Wildman–Crippen MR) is 97.2 cm³/mol. The fraction of sp³-hybridized carbons (Fsp3) is 0.300. The first-order valence-corrected chi connectivity index (χ1v) is 8.40. The van der Waals surface area contributed by atoms with E-state index in [0.29, 0.717) is 12.1 Å². The van der Waals surface area contributed by atoms with Crippen LogP contribution in [-0.2, 0) is 17.9 Å². The minimum absolute atomic E-state index is 0.0568. The lowest BCUT2D eigenvalue weighted by molar-refractivity contribution is -0.120. The topological polar surface area (TPSA) is 60.9 Å². The Morgan fingerprint density at radius 3 is 2.19 bits per heavy atom. The summed E-state index contributed by atoms with van der Waals surface area (Å²) in [5.74, 6) is -0.525. The average Bonchev–Trinajstić information content (AvgIpc) is 2.62. The smallest absolute Gasteiger partial charge is 0.407 e. The van der Waals surface area contributed by atoms with Crippen LogP contribution in [0.2, 0.25) is 0 Å². The van der Waals surface area contributed by atoms with E-state index in [1.54, 1.807) is 0 Å². The Morgan fingerprint density at radius 1 is 0.962 bits per heavy atom. The second-order valence-electron chi connectivity index (χ2n) is 6.28. The zero-order valence-corrected chi connectivity index (χ0v) is 14.8. The molecule has 1 amide bonds. The lowest BCUT2D eigenvalue weighted by Gasteiger charge is -2.20. The number of amides is 1. The molecule has 0 unspecified atom stereocenters. The molecule has 0 radical (unpaired) electrons. The molecule has 0 fully saturated rings. The maximum absolute atomic E-state index is 12.9. The lowest BCUT2D eigenvalue weighted by Crippen LogP contribution is -2.35. The third kappa shape index (κ3) is 6.64. The van der Waals surface area contributed by atoms with Crippen molar-refractivity contribution in [2.75, 3.05) is 20.1 Å². The summed E-state index contributed by atoms with van der Waals surface area (Å²) in [5, 5.41) is 9.30. The number of ketones is 1. The van der Waals surface area contributed by atoms with Crippen LogP contribution in [-0.4, -0.2) is 46.9 Å². The molecular formula is C20H23FN2O3. The van der Waals surface area contributed by atoms with Gasteiger partial charge in [0.25, 0.3) is 0 Å². The molecule has 0 aromatic heterocycles. The standard InChI is InChI=1S/C20H23FN2O3/c1-22(13-16-5-3-2-4-6-16)12-11-19(24)15-23(20(25)26)14-17-7-9-18(21)10-8-17/h2-10H,11-15H2,1H3,(H,25,26). The van der Waals surface area contributed by atoms with E-state index in [9.17, 15) is 19.1 Å². The van der Waals surface area contributed by atoms with Crippen LogP contribution in [0.4, 0.5) is 9.18 Å². The van der Waals surface area contributed by atoms with Crippen molar-refractivity contribution in [3.05, 3.63) is 71.5 Å². The molecule has 5 nitrogen and oxygen atoms in total. The van der Waals surface area contributed by atoms with E-state index in [1.807, 2.05) is 42.3 Å². The Kier molecular flexibility index (Phi) is 7.29. The summed E-state index contributed by atoms with van der Waals surface area (Å²) in [5.41, 5.74) is 1.80. The Hall–Kier alpha value is -2.73. The van der Waals surface area contributed by atoms with Gasteiger partial charge in [-0.2, -0.15) is 0 Å². The van der Waals surface area contributed by atoms with E-state index in [4.69, 9.17) is 0 Å². The Morgan fingerprint density at radius 2 is 1.58 bits per heavy atom. The summed E-state index contributed by atoms with van der Waals surface area (Å²) < 4.78 is 12.9. The highest BCUT2D eigenvalue weighted by Crippen LogP contribution is 2.08. The van der Waals surface area contributed by atoms with Gasteiger partial charge in [-0.15, -0.1) is 0 Å². The first-order valence-electron chi connectivity index (χ1n) is 8.40. The van der Waals surface area contributed by atoms with Gasteiger partial charge in [0.2, 0.25) is 0 Å². The molecule has 0 saturated heterocycles. The third-order valence-corrected chi connectivity index (χ3v) is 3.99. The second kappa shape index (κ2) is 9.68. The molecule has 0 aliphatic heterocycles. The fourth-order valence-electron chi connectivity index (χ4n) is 2.58. The molecule has 138 valence electrons. The number of carboxylic acid groups (broad SMARTS) is 1. The van der Waals surface area contributed by atoms with E-state index in [1.165, 1.54) is 24.3 Å². The first-order chi connectivity index (χ1) is 12.4. The number of halogens is 1. The monoisotopic (exact) mass is 358 g/mol. The molecule has 2 aromatic rings. The Balaban J connectivity index is 1.81. The minimum atomic E-state index is -1.17. The molecule has 2 rings (SSSR count). The van der Waals surface area contributed by atoms with Crippen molar-refractivity contribution in [2.45, 2.75) is 19.5 Å². The van der Waals surface area contributed by atoms with Crippen LogP contribution < -0.4 is 0 Å². The molecule has 0 heterocycles. The minimum Gasteiger partial charge on any atom is -0.465 e. The summed E-state index contributed by atoms with van der Waals surface area (Å²) in [6, 6.07) is 15.5. The molecule has 0 atom stereocenters. The summed E-state index contributed by atoms with van der Waals surface area (Å²) >= 11 is 0. The maximum atomic E-state index is 12.9. The summed E-state index contributed by atoms with van der Waals surface area (Å²) in [4.78, 5) is 26.6. The SMILES string of the molecule is CN(CCC(=O)CN(Cc1ccc(F)cc1)C(=O)O)Cc1ccccc1. The molecule has 26 heavy (non-hydrogen) atoms. The average molecular weight is 358 g/mol. The van der Waals surface area contributed by atoms with Gasteiger partial charge in [0, 0.05) is 26.1 Å². The molecule has 0 saturated carbocycles. The number of hydrogen-bond donors (Lipinski definition) is 1. The lowest BCUT2D eigenvalue weighted by atomic mass is 10.2. The largest absolute Gasteiger partial charge is 0.465 e. The molecule has 0 bridgehead atoms.